The average Bonchev–Trinajstić information content (AvgIpc) is 3.46. The van der Waals surface area contributed by atoms with Crippen LogP contribution in [-0.4, -0.2) is 27.5 Å². The molecule has 160 valence electrons. The molecule has 2 aromatic rings. The van der Waals surface area contributed by atoms with Crippen molar-refractivity contribution in [1.29, 1.82) is 0 Å². The van der Waals surface area contributed by atoms with E-state index >= 15 is 0 Å². The fourth-order valence-corrected chi connectivity index (χ4v) is 10.4. The van der Waals surface area contributed by atoms with Crippen LogP contribution in [0, 0.1) is 11.3 Å². The molecule has 2 aromatic carbocycles. The van der Waals surface area contributed by atoms with Crippen molar-refractivity contribution in [2.75, 3.05) is 7.11 Å². The van der Waals surface area contributed by atoms with Gasteiger partial charge in [-0.15, -0.1) is 0 Å². The highest BCUT2D eigenvalue weighted by molar-refractivity contribution is 6.99. The van der Waals surface area contributed by atoms with Crippen LogP contribution in [0.1, 0.15) is 52.9 Å². The summed E-state index contributed by atoms with van der Waals surface area (Å²) in [7, 11) is -0.994. The summed E-state index contributed by atoms with van der Waals surface area (Å²) in [6, 6.07) is 21.7. The third-order valence-corrected chi connectivity index (χ3v) is 12.5. The first kappa shape index (κ1) is 21.3. The molecule has 0 saturated heterocycles. The second-order valence-corrected chi connectivity index (χ2v) is 14.4. The second-order valence-electron chi connectivity index (χ2n) is 10.1. The first-order chi connectivity index (χ1) is 14.3. The normalized spacial score (nSPS) is 26.4. The van der Waals surface area contributed by atoms with E-state index in [1.807, 2.05) is 0 Å². The largest absolute Gasteiger partial charge is 0.469 e. The summed E-state index contributed by atoms with van der Waals surface area (Å²) in [5, 5.41) is 2.67. The Morgan fingerprint density at radius 1 is 0.933 bits per heavy atom. The lowest BCUT2D eigenvalue weighted by Crippen LogP contribution is -2.67. The van der Waals surface area contributed by atoms with Gasteiger partial charge >= 0.3 is 5.97 Å². The first-order valence-electron chi connectivity index (χ1n) is 11.2. The summed E-state index contributed by atoms with van der Waals surface area (Å²) in [6.07, 6.45) is 5.41. The van der Waals surface area contributed by atoms with Gasteiger partial charge in [0, 0.05) is 6.10 Å². The standard InChI is InChI=1S/C26H34O3Si/c1-25(2,3)30(21-11-7-5-8-12-21,22-13-9-6-10-14-22)29-20-15-17-26(18-16-20)19-23(26)24(27)28-4/h5-14,20,23H,15-19H2,1-4H3. The van der Waals surface area contributed by atoms with Crippen LogP contribution < -0.4 is 10.4 Å². The summed E-state index contributed by atoms with van der Waals surface area (Å²) < 4.78 is 12.3. The lowest BCUT2D eigenvalue weighted by molar-refractivity contribution is -0.143. The van der Waals surface area contributed by atoms with Crippen LogP contribution in [0.5, 0.6) is 0 Å². The second kappa shape index (κ2) is 7.97. The molecule has 1 spiro atoms. The number of methoxy groups -OCH3 is 1. The van der Waals surface area contributed by atoms with E-state index in [4.69, 9.17) is 9.16 Å². The Hall–Kier alpha value is -1.91. The molecule has 2 fully saturated rings. The van der Waals surface area contributed by atoms with Crippen LogP contribution in [-0.2, 0) is 14.0 Å². The maximum absolute atomic E-state index is 12.0. The molecule has 0 heterocycles. The van der Waals surface area contributed by atoms with Gasteiger partial charge in [0.2, 0.25) is 0 Å². The predicted molar refractivity (Wildman–Crippen MR) is 124 cm³/mol. The molecule has 0 aliphatic heterocycles. The van der Waals surface area contributed by atoms with E-state index in [0.717, 1.165) is 32.1 Å². The van der Waals surface area contributed by atoms with Crippen LogP contribution in [0.25, 0.3) is 0 Å². The SMILES string of the molecule is COC(=O)C1CC12CCC(O[Si](c1ccccc1)(c1ccccc1)C(C)(C)C)CC2. The van der Waals surface area contributed by atoms with E-state index in [9.17, 15) is 4.79 Å². The van der Waals surface area contributed by atoms with E-state index in [1.165, 1.54) is 17.5 Å². The van der Waals surface area contributed by atoms with E-state index < -0.39 is 8.32 Å². The Balaban J connectivity index is 1.63. The lowest BCUT2D eigenvalue weighted by atomic mass is 9.83. The molecule has 4 rings (SSSR count). The Labute approximate surface area is 181 Å². The van der Waals surface area contributed by atoms with Gasteiger partial charge in [-0.25, -0.2) is 0 Å². The highest BCUT2D eigenvalue weighted by Gasteiger charge is 2.60. The van der Waals surface area contributed by atoms with Crippen LogP contribution in [0.3, 0.4) is 0 Å². The molecule has 30 heavy (non-hydrogen) atoms. The monoisotopic (exact) mass is 422 g/mol. The number of ether oxygens (including phenoxy) is 1. The van der Waals surface area contributed by atoms with Crippen LogP contribution >= 0.6 is 0 Å². The molecule has 0 radical (unpaired) electrons. The molecule has 1 atom stereocenters. The smallest absolute Gasteiger partial charge is 0.309 e. The molecule has 4 heteroatoms. The molecule has 2 aliphatic carbocycles. The van der Waals surface area contributed by atoms with E-state index in [2.05, 4.69) is 81.4 Å². The van der Waals surface area contributed by atoms with Crippen molar-refractivity contribution in [3.8, 4) is 0 Å². The highest BCUT2D eigenvalue weighted by Crippen LogP contribution is 2.62. The number of carbonyl (C=O) groups excluding carboxylic acids is 1. The van der Waals surface area contributed by atoms with E-state index in [-0.39, 0.29) is 28.4 Å². The Kier molecular flexibility index (Phi) is 5.67. The summed E-state index contributed by atoms with van der Waals surface area (Å²) in [6.45, 7) is 6.99. The number of esters is 1. The lowest BCUT2D eigenvalue weighted by Gasteiger charge is -2.46. The quantitative estimate of drug-likeness (QED) is 0.518. The summed E-state index contributed by atoms with van der Waals surface area (Å²) in [5.74, 6) is 0.0812. The first-order valence-corrected chi connectivity index (χ1v) is 13.1. The van der Waals surface area contributed by atoms with Gasteiger partial charge in [0.15, 0.2) is 0 Å². The predicted octanol–water partition coefficient (Wildman–Crippen LogP) is 4.68. The topological polar surface area (TPSA) is 35.5 Å². The maximum Gasteiger partial charge on any atom is 0.309 e. The molecular formula is C26H34O3Si. The van der Waals surface area contributed by atoms with Crippen molar-refractivity contribution in [1.82, 2.24) is 0 Å². The molecule has 2 aliphatic rings. The number of carbonyl (C=O) groups is 1. The van der Waals surface area contributed by atoms with Gasteiger partial charge in [-0.3, -0.25) is 4.79 Å². The van der Waals surface area contributed by atoms with Gasteiger partial charge in [0.1, 0.15) is 0 Å². The Bertz CT molecular complexity index is 825. The highest BCUT2D eigenvalue weighted by atomic mass is 28.4. The van der Waals surface area contributed by atoms with Crippen molar-refractivity contribution in [2.24, 2.45) is 11.3 Å². The maximum atomic E-state index is 12.0. The molecule has 0 amide bonds. The average molecular weight is 423 g/mol. The number of hydrogen-bond acceptors (Lipinski definition) is 3. The third kappa shape index (κ3) is 3.65. The van der Waals surface area contributed by atoms with Gasteiger partial charge in [-0.1, -0.05) is 81.4 Å². The molecule has 0 bridgehead atoms. The van der Waals surface area contributed by atoms with E-state index in [1.54, 1.807) is 0 Å². The minimum absolute atomic E-state index is 0.00102. The summed E-state index contributed by atoms with van der Waals surface area (Å²) >= 11 is 0. The Morgan fingerprint density at radius 2 is 1.43 bits per heavy atom. The van der Waals surface area contributed by atoms with Gasteiger partial charge in [-0.05, 0) is 52.9 Å². The van der Waals surface area contributed by atoms with Crippen LogP contribution in [0.15, 0.2) is 60.7 Å². The summed E-state index contributed by atoms with van der Waals surface area (Å²) in [4.78, 5) is 12.0. The minimum Gasteiger partial charge on any atom is -0.469 e. The molecule has 3 nitrogen and oxygen atoms in total. The van der Waals surface area contributed by atoms with Gasteiger partial charge in [-0.2, -0.15) is 0 Å². The zero-order chi connectivity index (χ0) is 21.4. The van der Waals surface area contributed by atoms with Crippen molar-refractivity contribution < 1.29 is 14.0 Å². The zero-order valence-electron chi connectivity index (χ0n) is 18.7. The minimum atomic E-state index is -2.50. The molecule has 0 N–H and O–H groups in total. The van der Waals surface area contributed by atoms with Gasteiger partial charge in [0.05, 0.1) is 13.0 Å². The van der Waals surface area contributed by atoms with Gasteiger partial charge in [0.25, 0.3) is 8.32 Å². The van der Waals surface area contributed by atoms with Crippen molar-refractivity contribution >= 4 is 24.7 Å². The number of rotatable bonds is 5. The third-order valence-electron chi connectivity index (χ3n) is 7.36. The van der Waals surface area contributed by atoms with Crippen molar-refractivity contribution in [3.05, 3.63) is 60.7 Å². The summed E-state index contributed by atoms with van der Waals surface area (Å²) in [5.41, 5.74) is 0.179. The molecular weight excluding hydrogens is 388 g/mol. The van der Waals surface area contributed by atoms with Crippen molar-refractivity contribution in [2.45, 2.75) is 64.0 Å². The molecule has 1 unspecified atom stereocenters. The van der Waals surface area contributed by atoms with Gasteiger partial charge < -0.3 is 9.16 Å². The van der Waals surface area contributed by atoms with E-state index in [0.29, 0.717) is 0 Å². The molecule has 0 aromatic heterocycles. The molecule has 2 saturated carbocycles. The van der Waals surface area contributed by atoms with Crippen LogP contribution in [0.2, 0.25) is 5.04 Å². The Morgan fingerprint density at radius 3 is 1.87 bits per heavy atom. The fourth-order valence-electron chi connectivity index (χ4n) is 5.60. The van der Waals surface area contributed by atoms with Crippen molar-refractivity contribution in [3.63, 3.8) is 0 Å². The number of benzene rings is 2. The number of hydrogen-bond donors (Lipinski definition) is 0. The fraction of sp³-hybridized carbons (Fsp3) is 0.500. The zero-order valence-corrected chi connectivity index (χ0v) is 19.7. The van der Waals surface area contributed by atoms with Crippen LogP contribution in [0.4, 0.5) is 0 Å².